The van der Waals surface area contributed by atoms with Gasteiger partial charge < -0.3 is 10.4 Å². The maximum absolute atomic E-state index is 12.1. The van der Waals surface area contributed by atoms with Gasteiger partial charge in [-0.15, -0.1) is 0 Å². The molecule has 0 bridgehead atoms. The molecule has 0 unspecified atom stereocenters. The summed E-state index contributed by atoms with van der Waals surface area (Å²) >= 11 is 5.84. The predicted molar refractivity (Wildman–Crippen MR) is 73.1 cm³/mol. The largest absolute Gasteiger partial charge is 0.481 e. The highest BCUT2D eigenvalue weighted by molar-refractivity contribution is 6.30. The number of nitrogens with one attached hydrogen (secondary N) is 1. The van der Waals surface area contributed by atoms with E-state index in [1.165, 1.54) is 0 Å². The number of hydrogen-bond donors (Lipinski definition) is 2. The zero-order valence-corrected chi connectivity index (χ0v) is 10.9. The van der Waals surface area contributed by atoms with E-state index in [0.717, 1.165) is 6.42 Å². The Morgan fingerprint density at radius 3 is 2.84 bits per heavy atom. The smallest absolute Gasteiger partial charge is 0.311 e. The Hall–Kier alpha value is -1.81. The monoisotopic (exact) mass is 279 g/mol. The lowest BCUT2D eigenvalue weighted by Crippen LogP contribution is -2.34. The van der Waals surface area contributed by atoms with Gasteiger partial charge in [-0.3, -0.25) is 9.59 Å². The van der Waals surface area contributed by atoms with Crippen LogP contribution in [0.15, 0.2) is 36.4 Å². The van der Waals surface area contributed by atoms with Crippen LogP contribution in [0.3, 0.4) is 0 Å². The molecule has 1 aliphatic carbocycles. The highest BCUT2D eigenvalue weighted by Gasteiger charge is 2.33. The third-order valence-electron chi connectivity index (χ3n) is 3.14. The number of rotatable bonds is 3. The number of anilines is 1. The number of allylic oxidation sites excluding steroid dienone is 1. The molecule has 2 N–H and O–H groups in total. The van der Waals surface area contributed by atoms with Gasteiger partial charge in [-0.1, -0.05) is 29.8 Å². The highest BCUT2D eigenvalue weighted by Crippen LogP contribution is 2.27. The standard InChI is InChI=1S/C14H14ClNO3/c15-9-4-3-5-10(8-9)16-13(17)11-6-1-2-7-12(11)14(18)19/h2-5,7-8,11-12H,1,6H2,(H,16,17)(H,18,19)/t11-,12-/m0/s1. The van der Waals surface area contributed by atoms with Gasteiger partial charge in [0.05, 0.1) is 11.8 Å². The molecule has 2 rings (SSSR count). The molecule has 100 valence electrons. The quantitative estimate of drug-likeness (QED) is 0.836. The number of carboxylic acid groups (broad SMARTS) is 1. The predicted octanol–water partition coefficient (Wildman–Crippen LogP) is 2.95. The van der Waals surface area contributed by atoms with E-state index in [0.29, 0.717) is 17.1 Å². The van der Waals surface area contributed by atoms with E-state index in [4.69, 9.17) is 16.7 Å². The molecule has 0 saturated carbocycles. The minimum atomic E-state index is -0.970. The fourth-order valence-corrected chi connectivity index (χ4v) is 2.37. The van der Waals surface area contributed by atoms with Crippen LogP contribution in [-0.2, 0) is 9.59 Å². The van der Waals surface area contributed by atoms with Crippen molar-refractivity contribution in [2.45, 2.75) is 12.8 Å². The van der Waals surface area contributed by atoms with Crippen LogP contribution in [0, 0.1) is 11.8 Å². The Morgan fingerprint density at radius 2 is 2.16 bits per heavy atom. The second-order valence-corrected chi connectivity index (χ2v) is 4.91. The molecule has 0 fully saturated rings. The first-order valence-electron chi connectivity index (χ1n) is 6.04. The summed E-state index contributed by atoms with van der Waals surface area (Å²) in [6.07, 6.45) is 4.66. The van der Waals surface area contributed by atoms with Gasteiger partial charge >= 0.3 is 5.97 Å². The molecule has 5 heteroatoms. The van der Waals surface area contributed by atoms with Crippen LogP contribution < -0.4 is 5.32 Å². The van der Waals surface area contributed by atoms with Crippen LogP contribution in [0.1, 0.15) is 12.8 Å². The minimum absolute atomic E-state index is 0.279. The summed E-state index contributed by atoms with van der Waals surface area (Å²) in [7, 11) is 0. The summed E-state index contributed by atoms with van der Waals surface area (Å²) in [6, 6.07) is 6.79. The average Bonchev–Trinajstić information content (AvgIpc) is 2.38. The van der Waals surface area contributed by atoms with Crippen LogP contribution in [0.5, 0.6) is 0 Å². The van der Waals surface area contributed by atoms with E-state index in [2.05, 4.69) is 5.32 Å². The van der Waals surface area contributed by atoms with Crippen molar-refractivity contribution in [1.82, 2.24) is 0 Å². The molecule has 0 radical (unpaired) electrons. The van der Waals surface area contributed by atoms with Gasteiger partial charge in [-0.05, 0) is 31.0 Å². The maximum atomic E-state index is 12.1. The number of carboxylic acids is 1. The van der Waals surface area contributed by atoms with E-state index >= 15 is 0 Å². The number of amides is 1. The molecule has 0 aromatic heterocycles. The molecular weight excluding hydrogens is 266 g/mol. The first-order valence-corrected chi connectivity index (χ1v) is 6.41. The summed E-state index contributed by atoms with van der Waals surface area (Å²) in [5, 5.41) is 12.4. The molecule has 1 aromatic carbocycles. The van der Waals surface area contributed by atoms with Crippen LogP contribution in [-0.4, -0.2) is 17.0 Å². The Labute approximate surface area is 116 Å². The molecule has 19 heavy (non-hydrogen) atoms. The third kappa shape index (κ3) is 3.35. The molecule has 0 aliphatic heterocycles. The van der Waals surface area contributed by atoms with E-state index in [1.807, 2.05) is 6.08 Å². The van der Waals surface area contributed by atoms with Crippen molar-refractivity contribution in [2.75, 3.05) is 5.32 Å². The van der Waals surface area contributed by atoms with Crippen molar-refractivity contribution in [2.24, 2.45) is 11.8 Å². The Bertz CT molecular complexity index is 527. The van der Waals surface area contributed by atoms with E-state index in [-0.39, 0.29) is 5.91 Å². The van der Waals surface area contributed by atoms with Crippen LogP contribution >= 0.6 is 11.6 Å². The summed E-state index contributed by atoms with van der Waals surface area (Å²) in [5.74, 6) is -2.55. The van der Waals surface area contributed by atoms with Gasteiger partial charge in [-0.25, -0.2) is 0 Å². The number of carbonyl (C=O) groups excluding carboxylic acids is 1. The second-order valence-electron chi connectivity index (χ2n) is 4.48. The average molecular weight is 280 g/mol. The fraction of sp³-hybridized carbons (Fsp3) is 0.286. The molecular formula is C14H14ClNO3. The zero-order valence-electron chi connectivity index (χ0n) is 10.2. The van der Waals surface area contributed by atoms with Gasteiger partial charge in [-0.2, -0.15) is 0 Å². The molecule has 4 nitrogen and oxygen atoms in total. The maximum Gasteiger partial charge on any atom is 0.311 e. The lowest BCUT2D eigenvalue weighted by molar-refractivity contribution is -0.144. The number of aliphatic carboxylic acids is 1. The SMILES string of the molecule is O=C(O)[C@H]1C=CCC[C@@H]1C(=O)Nc1cccc(Cl)c1. The van der Waals surface area contributed by atoms with Crippen molar-refractivity contribution in [3.63, 3.8) is 0 Å². The normalized spacial score (nSPS) is 21.9. The van der Waals surface area contributed by atoms with Crippen molar-refractivity contribution < 1.29 is 14.7 Å². The second kappa shape index (κ2) is 5.89. The molecule has 1 amide bonds. The third-order valence-corrected chi connectivity index (χ3v) is 3.37. The Morgan fingerprint density at radius 1 is 1.37 bits per heavy atom. The van der Waals surface area contributed by atoms with Crippen molar-refractivity contribution in [1.29, 1.82) is 0 Å². The number of hydrogen-bond acceptors (Lipinski definition) is 2. The number of carbonyl (C=O) groups is 2. The summed E-state index contributed by atoms with van der Waals surface area (Å²) in [6.45, 7) is 0. The molecule has 1 aromatic rings. The summed E-state index contributed by atoms with van der Waals surface area (Å²) in [5.41, 5.74) is 0.580. The van der Waals surface area contributed by atoms with Gasteiger partial charge in [0.25, 0.3) is 0 Å². The van der Waals surface area contributed by atoms with Crippen LogP contribution in [0.25, 0.3) is 0 Å². The van der Waals surface area contributed by atoms with Crippen molar-refractivity contribution in [3.8, 4) is 0 Å². The van der Waals surface area contributed by atoms with Crippen LogP contribution in [0.2, 0.25) is 5.02 Å². The molecule has 1 aliphatic rings. The molecule has 0 saturated heterocycles. The van der Waals surface area contributed by atoms with Gasteiger partial charge in [0, 0.05) is 10.7 Å². The van der Waals surface area contributed by atoms with E-state index in [1.54, 1.807) is 30.3 Å². The topological polar surface area (TPSA) is 66.4 Å². The Kier molecular flexibility index (Phi) is 4.22. The summed E-state index contributed by atoms with van der Waals surface area (Å²) in [4.78, 5) is 23.3. The lowest BCUT2D eigenvalue weighted by atomic mass is 9.83. The van der Waals surface area contributed by atoms with Crippen LogP contribution in [0.4, 0.5) is 5.69 Å². The Balaban J connectivity index is 2.11. The molecule has 0 heterocycles. The first kappa shape index (κ1) is 13.6. The number of halogens is 1. The lowest BCUT2D eigenvalue weighted by Gasteiger charge is -2.23. The fourth-order valence-electron chi connectivity index (χ4n) is 2.18. The summed E-state index contributed by atoms with van der Waals surface area (Å²) < 4.78 is 0. The van der Waals surface area contributed by atoms with Crippen molar-refractivity contribution >= 4 is 29.2 Å². The van der Waals surface area contributed by atoms with Gasteiger partial charge in [0.1, 0.15) is 0 Å². The molecule has 2 atom stereocenters. The first-order chi connectivity index (χ1) is 9.08. The molecule has 0 spiro atoms. The highest BCUT2D eigenvalue weighted by atomic mass is 35.5. The number of benzene rings is 1. The van der Waals surface area contributed by atoms with E-state index in [9.17, 15) is 9.59 Å². The van der Waals surface area contributed by atoms with Gasteiger partial charge in [0.2, 0.25) is 5.91 Å². The van der Waals surface area contributed by atoms with E-state index < -0.39 is 17.8 Å². The zero-order chi connectivity index (χ0) is 13.8. The van der Waals surface area contributed by atoms with Crippen molar-refractivity contribution in [3.05, 3.63) is 41.4 Å². The van der Waals surface area contributed by atoms with Gasteiger partial charge in [0.15, 0.2) is 0 Å². The minimum Gasteiger partial charge on any atom is -0.481 e.